The fourth-order valence-electron chi connectivity index (χ4n) is 3.36. The summed E-state index contributed by atoms with van der Waals surface area (Å²) < 4.78 is 0. The second-order valence-corrected chi connectivity index (χ2v) is 7.32. The predicted octanol–water partition coefficient (Wildman–Crippen LogP) is 4.46. The highest BCUT2D eigenvalue weighted by Crippen LogP contribution is 2.25. The maximum absolute atomic E-state index is 4.54. The average Bonchev–Trinajstić information content (AvgIpc) is 2.75. The Hall–Kier alpha value is -3.15. The van der Waals surface area contributed by atoms with Gasteiger partial charge < -0.3 is 15.5 Å². The van der Waals surface area contributed by atoms with Crippen molar-refractivity contribution in [3.63, 3.8) is 0 Å². The van der Waals surface area contributed by atoms with Gasteiger partial charge in [0, 0.05) is 49.6 Å². The lowest BCUT2D eigenvalue weighted by molar-refractivity contribution is 0.438. The van der Waals surface area contributed by atoms with E-state index in [9.17, 15) is 0 Å². The molecule has 3 heterocycles. The van der Waals surface area contributed by atoms with E-state index in [1.807, 2.05) is 18.2 Å². The third kappa shape index (κ3) is 4.76. The van der Waals surface area contributed by atoms with Gasteiger partial charge in [-0.2, -0.15) is 4.98 Å². The van der Waals surface area contributed by atoms with Crippen LogP contribution in [0.15, 0.2) is 61.1 Å². The maximum atomic E-state index is 4.54. The van der Waals surface area contributed by atoms with Gasteiger partial charge >= 0.3 is 0 Å². The quantitative estimate of drug-likeness (QED) is 0.664. The molecule has 1 fully saturated rings. The van der Waals surface area contributed by atoms with Gasteiger partial charge in [-0.1, -0.05) is 6.92 Å². The summed E-state index contributed by atoms with van der Waals surface area (Å²) in [5.74, 6) is 2.21. The van der Waals surface area contributed by atoms with E-state index in [-0.39, 0.29) is 0 Å². The van der Waals surface area contributed by atoms with Crippen LogP contribution in [0.2, 0.25) is 0 Å². The van der Waals surface area contributed by atoms with Crippen LogP contribution >= 0.6 is 0 Å². The molecule has 28 heavy (non-hydrogen) atoms. The van der Waals surface area contributed by atoms with E-state index in [0.717, 1.165) is 36.1 Å². The number of aromatic nitrogens is 3. The molecule has 0 atom stereocenters. The van der Waals surface area contributed by atoms with Crippen molar-refractivity contribution in [1.29, 1.82) is 0 Å². The Morgan fingerprint density at radius 2 is 1.71 bits per heavy atom. The van der Waals surface area contributed by atoms with Gasteiger partial charge in [-0.25, -0.2) is 4.98 Å². The van der Waals surface area contributed by atoms with Gasteiger partial charge in [0.2, 0.25) is 5.95 Å². The molecule has 6 nitrogen and oxygen atoms in total. The highest BCUT2D eigenvalue weighted by atomic mass is 15.1. The van der Waals surface area contributed by atoms with Crippen LogP contribution < -0.4 is 15.5 Å². The molecule has 2 aromatic heterocycles. The SMILES string of the molecule is CC1CCN(c2ccc(Nc3nccc(NCc4ccncc4)n3)cc2)CC1. The van der Waals surface area contributed by atoms with Crippen molar-refractivity contribution >= 4 is 23.1 Å². The minimum atomic E-state index is 0.583. The summed E-state index contributed by atoms with van der Waals surface area (Å²) >= 11 is 0. The number of nitrogens with zero attached hydrogens (tertiary/aromatic N) is 4. The highest BCUT2D eigenvalue weighted by molar-refractivity contribution is 5.60. The second-order valence-electron chi connectivity index (χ2n) is 7.32. The standard InChI is InChI=1S/C22H26N6/c1-17-9-14-28(15-10-17)20-4-2-19(3-5-20)26-22-24-13-8-21(27-22)25-16-18-6-11-23-12-7-18/h2-8,11-13,17H,9-10,14-16H2,1H3,(H2,24,25,26,27). The van der Waals surface area contributed by atoms with Crippen molar-refractivity contribution in [3.05, 3.63) is 66.6 Å². The molecular weight excluding hydrogens is 348 g/mol. The van der Waals surface area contributed by atoms with Crippen molar-refractivity contribution < 1.29 is 0 Å². The Bertz CT molecular complexity index is 873. The Labute approximate surface area is 166 Å². The molecule has 1 saturated heterocycles. The second kappa shape index (κ2) is 8.69. The molecule has 0 bridgehead atoms. The number of hydrogen-bond donors (Lipinski definition) is 2. The molecule has 0 saturated carbocycles. The minimum absolute atomic E-state index is 0.583. The lowest BCUT2D eigenvalue weighted by atomic mass is 9.99. The summed E-state index contributed by atoms with van der Waals surface area (Å²) in [7, 11) is 0. The van der Waals surface area contributed by atoms with Crippen LogP contribution in [0.1, 0.15) is 25.3 Å². The fraction of sp³-hybridized carbons (Fsp3) is 0.318. The zero-order valence-electron chi connectivity index (χ0n) is 16.2. The third-order valence-electron chi connectivity index (χ3n) is 5.15. The van der Waals surface area contributed by atoms with Gasteiger partial charge in [0.1, 0.15) is 5.82 Å². The molecule has 0 radical (unpaired) electrons. The molecule has 0 spiro atoms. The average molecular weight is 374 g/mol. The molecule has 0 aliphatic carbocycles. The molecule has 0 unspecified atom stereocenters. The van der Waals surface area contributed by atoms with Gasteiger partial charge in [-0.05, 0) is 66.8 Å². The minimum Gasteiger partial charge on any atom is -0.372 e. The molecule has 0 amide bonds. The van der Waals surface area contributed by atoms with Crippen LogP contribution in [-0.2, 0) is 6.54 Å². The summed E-state index contributed by atoms with van der Waals surface area (Å²) in [4.78, 5) is 15.4. The Kier molecular flexibility index (Phi) is 5.66. The Morgan fingerprint density at radius 3 is 2.46 bits per heavy atom. The largest absolute Gasteiger partial charge is 0.372 e. The summed E-state index contributed by atoms with van der Waals surface area (Å²) in [6.07, 6.45) is 7.88. The topological polar surface area (TPSA) is 66.0 Å². The maximum Gasteiger partial charge on any atom is 0.229 e. The van der Waals surface area contributed by atoms with Crippen molar-refractivity contribution in [2.45, 2.75) is 26.3 Å². The molecule has 6 heteroatoms. The van der Waals surface area contributed by atoms with E-state index in [4.69, 9.17) is 0 Å². The molecule has 4 rings (SSSR count). The van der Waals surface area contributed by atoms with Crippen LogP contribution in [0.25, 0.3) is 0 Å². The summed E-state index contributed by atoms with van der Waals surface area (Å²) in [6.45, 7) is 5.32. The molecule has 2 N–H and O–H groups in total. The zero-order valence-corrected chi connectivity index (χ0v) is 16.2. The summed E-state index contributed by atoms with van der Waals surface area (Å²) in [6, 6.07) is 14.4. The third-order valence-corrected chi connectivity index (χ3v) is 5.15. The number of nitrogens with one attached hydrogen (secondary N) is 2. The monoisotopic (exact) mass is 374 g/mol. The molecular formula is C22H26N6. The van der Waals surface area contributed by atoms with E-state index in [1.54, 1.807) is 18.6 Å². The van der Waals surface area contributed by atoms with Crippen LogP contribution in [0.5, 0.6) is 0 Å². The first-order valence-corrected chi connectivity index (χ1v) is 9.84. The molecule has 1 aliphatic rings. The molecule has 144 valence electrons. The summed E-state index contributed by atoms with van der Waals surface area (Å²) in [5.41, 5.74) is 3.43. The van der Waals surface area contributed by atoms with E-state index in [0.29, 0.717) is 12.5 Å². The smallest absolute Gasteiger partial charge is 0.229 e. The molecule has 1 aromatic carbocycles. The van der Waals surface area contributed by atoms with Gasteiger partial charge in [-0.3, -0.25) is 4.98 Å². The highest BCUT2D eigenvalue weighted by Gasteiger charge is 2.15. The first kappa shape index (κ1) is 18.2. The first-order valence-electron chi connectivity index (χ1n) is 9.84. The normalized spacial score (nSPS) is 14.7. The van der Waals surface area contributed by atoms with Crippen molar-refractivity contribution in [2.75, 3.05) is 28.6 Å². The van der Waals surface area contributed by atoms with Crippen LogP contribution in [0.3, 0.4) is 0 Å². The lowest BCUT2D eigenvalue weighted by Crippen LogP contribution is -2.32. The number of hydrogen-bond acceptors (Lipinski definition) is 6. The zero-order chi connectivity index (χ0) is 19.2. The number of benzene rings is 1. The van der Waals surface area contributed by atoms with Crippen molar-refractivity contribution in [1.82, 2.24) is 15.0 Å². The lowest BCUT2D eigenvalue weighted by Gasteiger charge is -2.32. The van der Waals surface area contributed by atoms with Crippen molar-refractivity contribution in [3.8, 4) is 0 Å². The first-order chi connectivity index (χ1) is 13.8. The van der Waals surface area contributed by atoms with Gasteiger partial charge in [0.25, 0.3) is 0 Å². The van der Waals surface area contributed by atoms with Gasteiger partial charge in [0.15, 0.2) is 0 Å². The van der Waals surface area contributed by atoms with Crippen LogP contribution in [0, 0.1) is 5.92 Å². The van der Waals surface area contributed by atoms with E-state index in [2.05, 4.69) is 61.7 Å². The predicted molar refractivity (Wildman–Crippen MR) is 114 cm³/mol. The number of anilines is 4. The molecule has 3 aromatic rings. The van der Waals surface area contributed by atoms with Gasteiger partial charge in [-0.15, -0.1) is 0 Å². The van der Waals surface area contributed by atoms with Crippen molar-refractivity contribution in [2.24, 2.45) is 5.92 Å². The Balaban J connectivity index is 1.36. The van der Waals surface area contributed by atoms with E-state index in [1.165, 1.54) is 18.5 Å². The number of piperidine rings is 1. The number of pyridine rings is 1. The van der Waals surface area contributed by atoms with E-state index >= 15 is 0 Å². The van der Waals surface area contributed by atoms with E-state index < -0.39 is 0 Å². The molecule has 1 aliphatic heterocycles. The Morgan fingerprint density at radius 1 is 0.964 bits per heavy atom. The fourth-order valence-corrected chi connectivity index (χ4v) is 3.36. The summed E-state index contributed by atoms with van der Waals surface area (Å²) in [5, 5.41) is 6.61. The number of rotatable bonds is 6. The van der Waals surface area contributed by atoms with Gasteiger partial charge in [0.05, 0.1) is 0 Å². The van der Waals surface area contributed by atoms with Crippen LogP contribution in [-0.4, -0.2) is 28.0 Å². The van der Waals surface area contributed by atoms with Crippen LogP contribution in [0.4, 0.5) is 23.1 Å².